The van der Waals surface area contributed by atoms with E-state index < -0.39 is 0 Å². The van der Waals surface area contributed by atoms with Crippen LogP contribution in [0.5, 0.6) is 0 Å². The molecule has 0 aliphatic heterocycles. The fraction of sp³-hybridized carbons (Fsp3) is 0.176. The third-order valence-electron chi connectivity index (χ3n) is 3.75. The summed E-state index contributed by atoms with van der Waals surface area (Å²) in [7, 11) is 0. The van der Waals surface area contributed by atoms with Crippen molar-refractivity contribution in [1.82, 2.24) is 9.97 Å². The van der Waals surface area contributed by atoms with Gasteiger partial charge in [-0.05, 0) is 54.7 Å². The number of rotatable bonds is 3. The predicted octanol–water partition coefficient (Wildman–Crippen LogP) is 4.89. The number of thiazole rings is 1. The molecule has 4 heteroatoms. The molecule has 1 aromatic carbocycles. The number of benzene rings is 1. The molecule has 104 valence electrons. The number of pyridine rings is 1. The highest BCUT2D eigenvalue weighted by molar-refractivity contribution is 7.13. The Bertz CT molecular complexity index is 775. The molecule has 0 N–H and O–H groups in total. The second kappa shape index (κ2) is 5.04. The minimum Gasteiger partial charge on any atom is -0.264 e. The number of halogens is 1. The fourth-order valence-electron chi connectivity index (χ4n) is 2.48. The Kier molecular flexibility index (Phi) is 3.04. The molecule has 1 aliphatic rings. The molecule has 0 atom stereocenters. The first kappa shape index (κ1) is 12.7. The summed E-state index contributed by atoms with van der Waals surface area (Å²) in [6.45, 7) is 0. The third-order valence-corrected chi connectivity index (χ3v) is 4.62. The van der Waals surface area contributed by atoms with Crippen molar-refractivity contribution >= 4 is 11.3 Å². The van der Waals surface area contributed by atoms with Crippen molar-refractivity contribution in [2.45, 2.75) is 18.8 Å². The van der Waals surface area contributed by atoms with Gasteiger partial charge in [0, 0.05) is 28.9 Å². The van der Waals surface area contributed by atoms with E-state index in [2.05, 4.69) is 11.1 Å². The van der Waals surface area contributed by atoms with Gasteiger partial charge in [-0.15, -0.1) is 11.3 Å². The van der Waals surface area contributed by atoms with Crippen LogP contribution in [0.2, 0.25) is 0 Å². The SMILES string of the molecule is Fc1ccc(-c2csc(-c3cnccc3C3CC3)n2)cc1. The van der Waals surface area contributed by atoms with E-state index in [1.165, 1.54) is 30.5 Å². The number of aromatic nitrogens is 2. The molecule has 0 unspecified atom stereocenters. The standard InChI is InChI=1S/C17H13FN2S/c18-13-5-3-12(4-6-13)16-10-21-17(20-16)15-9-19-8-7-14(15)11-1-2-11/h3-11H,1-2H2. The molecular formula is C17H13FN2S. The van der Waals surface area contributed by atoms with Crippen molar-refractivity contribution in [1.29, 1.82) is 0 Å². The van der Waals surface area contributed by atoms with Crippen LogP contribution in [0.25, 0.3) is 21.8 Å². The van der Waals surface area contributed by atoms with Gasteiger partial charge in [0.15, 0.2) is 0 Å². The van der Waals surface area contributed by atoms with Crippen LogP contribution < -0.4 is 0 Å². The van der Waals surface area contributed by atoms with Gasteiger partial charge in [0.25, 0.3) is 0 Å². The van der Waals surface area contributed by atoms with Gasteiger partial charge < -0.3 is 0 Å². The van der Waals surface area contributed by atoms with Crippen molar-refractivity contribution in [3.05, 3.63) is 59.5 Å². The lowest BCUT2D eigenvalue weighted by Crippen LogP contribution is -1.88. The quantitative estimate of drug-likeness (QED) is 0.688. The first-order valence-electron chi connectivity index (χ1n) is 6.97. The first-order valence-corrected chi connectivity index (χ1v) is 7.85. The molecule has 3 aromatic rings. The van der Waals surface area contributed by atoms with Gasteiger partial charge in [0.05, 0.1) is 5.69 Å². The van der Waals surface area contributed by atoms with E-state index in [0.717, 1.165) is 21.8 Å². The van der Waals surface area contributed by atoms with Crippen molar-refractivity contribution in [3.63, 3.8) is 0 Å². The number of nitrogens with zero attached hydrogens (tertiary/aromatic N) is 2. The smallest absolute Gasteiger partial charge is 0.125 e. The van der Waals surface area contributed by atoms with Crippen molar-refractivity contribution in [2.75, 3.05) is 0 Å². The Hall–Kier alpha value is -2.07. The lowest BCUT2D eigenvalue weighted by molar-refractivity contribution is 0.628. The summed E-state index contributed by atoms with van der Waals surface area (Å²) in [4.78, 5) is 8.95. The summed E-state index contributed by atoms with van der Waals surface area (Å²) in [6.07, 6.45) is 6.27. The summed E-state index contributed by atoms with van der Waals surface area (Å²) < 4.78 is 13.0. The molecule has 1 saturated carbocycles. The van der Waals surface area contributed by atoms with Crippen LogP contribution >= 0.6 is 11.3 Å². The summed E-state index contributed by atoms with van der Waals surface area (Å²) >= 11 is 1.62. The molecule has 0 saturated heterocycles. The Morgan fingerprint density at radius 1 is 1.10 bits per heavy atom. The minimum atomic E-state index is -0.225. The molecule has 2 heterocycles. The maximum Gasteiger partial charge on any atom is 0.125 e. The Morgan fingerprint density at radius 3 is 2.67 bits per heavy atom. The third kappa shape index (κ3) is 2.47. The van der Waals surface area contributed by atoms with E-state index in [1.54, 1.807) is 23.5 Å². The van der Waals surface area contributed by atoms with Crippen molar-refractivity contribution < 1.29 is 4.39 Å². The van der Waals surface area contributed by atoms with Crippen molar-refractivity contribution in [3.8, 4) is 21.8 Å². The molecule has 0 amide bonds. The zero-order valence-electron chi connectivity index (χ0n) is 11.3. The van der Waals surface area contributed by atoms with Gasteiger partial charge >= 0.3 is 0 Å². The molecule has 1 aliphatic carbocycles. The van der Waals surface area contributed by atoms with Gasteiger partial charge in [-0.3, -0.25) is 4.98 Å². The summed E-state index contributed by atoms with van der Waals surface area (Å²) in [5.41, 5.74) is 4.32. The first-order chi connectivity index (χ1) is 10.3. The van der Waals surface area contributed by atoms with Gasteiger partial charge in [0.1, 0.15) is 10.8 Å². The molecule has 0 bridgehead atoms. The van der Waals surface area contributed by atoms with E-state index in [9.17, 15) is 4.39 Å². The van der Waals surface area contributed by atoms with Crippen LogP contribution in [0.4, 0.5) is 4.39 Å². The molecule has 21 heavy (non-hydrogen) atoms. The largest absolute Gasteiger partial charge is 0.264 e. The number of hydrogen-bond acceptors (Lipinski definition) is 3. The lowest BCUT2D eigenvalue weighted by atomic mass is 10.1. The van der Waals surface area contributed by atoms with Crippen LogP contribution in [0, 0.1) is 5.82 Å². The normalized spacial score (nSPS) is 14.3. The Morgan fingerprint density at radius 2 is 1.90 bits per heavy atom. The van der Waals surface area contributed by atoms with E-state index in [4.69, 9.17) is 4.98 Å². The second-order valence-electron chi connectivity index (χ2n) is 5.28. The number of hydrogen-bond donors (Lipinski definition) is 0. The average Bonchev–Trinajstić information content (AvgIpc) is 3.25. The maximum atomic E-state index is 13.0. The average molecular weight is 296 g/mol. The molecule has 0 spiro atoms. The highest BCUT2D eigenvalue weighted by Gasteiger charge is 2.27. The Labute approximate surface area is 126 Å². The van der Waals surface area contributed by atoms with E-state index in [1.807, 2.05) is 17.8 Å². The van der Waals surface area contributed by atoms with Crippen LogP contribution in [0.1, 0.15) is 24.3 Å². The zero-order chi connectivity index (χ0) is 14.2. The molecule has 0 radical (unpaired) electrons. The van der Waals surface area contributed by atoms with Crippen LogP contribution in [0.15, 0.2) is 48.1 Å². The van der Waals surface area contributed by atoms with E-state index in [0.29, 0.717) is 5.92 Å². The fourth-order valence-corrected chi connectivity index (χ4v) is 3.35. The lowest BCUT2D eigenvalue weighted by Gasteiger charge is -2.04. The van der Waals surface area contributed by atoms with Crippen LogP contribution in [-0.2, 0) is 0 Å². The Balaban J connectivity index is 1.73. The van der Waals surface area contributed by atoms with E-state index in [-0.39, 0.29) is 5.82 Å². The predicted molar refractivity (Wildman–Crippen MR) is 82.7 cm³/mol. The highest BCUT2D eigenvalue weighted by atomic mass is 32.1. The van der Waals surface area contributed by atoms with Crippen molar-refractivity contribution in [2.24, 2.45) is 0 Å². The molecule has 2 nitrogen and oxygen atoms in total. The highest BCUT2D eigenvalue weighted by Crippen LogP contribution is 2.44. The minimum absolute atomic E-state index is 0.225. The van der Waals surface area contributed by atoms with Crippen LogP contribution in [-0.4, -0.2) is 9.97 Å². The van der Waals surface area contributed by atoms with E-state index >= 15 is 0 Å². The summed E-state index contributed by atoms with van der Waals surface area (Å²) in [5.74, 6) is 0.443. The summed E-state index contributed by atoms with van der Waals surface area (Å²) in [5, 5.41) is 3.01. The van der Waals surface area contributed by atoms with Gasteiger partial charge in [0.2, 0.25) is 0 Å². The topological polar surface area (TPSA) is 25.8 Å². The monoisotopic (exact) mass is 296 g/mol. The summed E-state index contributed by atoms with van der Waals surface area (Å²) in [6, 6.07) is 8.56. The van der Waals surface area contributed by atoms with Gasteiger partial charge in [-0.1, -0.05) is 0 Å². The van der Waals surface area contributed by atoms with Gasteiger partial charge in [-0.2, -0.15) is 0 Å². The van der Waals surface area contributed by atoms with Crippen LogP contribution in [0.3, 0.4) is 0 Å². The second-order valence-corrected chi connectivity index (χ2v) is 6.14. The maximum absolute atomic E-state index is 13.0. The van der Waals surface area contributed by atoms with Gasteiger partial charge in [-0.25, -0.2) is 9.37 Å². The zero-order valence-corrected chi connectivity index (χ0v) is 12.1. The molecular weight excluding hydrogens is 283 g/mol. The molecule has 4 rings (SSSR count). The molecule has 1 fully saturated rings. The molecule has 2 aromatic heterocycles.